The van der Waals surface area contributed by atoms with Gasteiger partial charge >= 0.3 is 0 Å². The van der Waals surface area contributed by atoms with E-state index >= 15 is 0 Å². The molecular weight excluding hydrogens is 402 g/mol. The largest absolute Gasteiger partial charge is 0.454 e. The molecule has 3 aromatic rings. The predicted molar refractivity (Wildman–Crippen MR) is 103 cm³/mol. The fraction of sp³-hybridized carbons (Fsp3) is 0.167. The third-order valence-electron chi connectivity index (χ3n) is 4.36. The van der Waals surface area contributed by atoms with Gasteiger partial charge in [0.05, 0.1) is 23.0 Å². The van der Waals surface area contributed by atoms with Crippen molar-refractivity contribution in [1.82, 2.24) is 9.38 Å². The Hall–Kier alpha value is -2.12. The first-order valence-corrected chi connectivity index (χ1v) is 9.68. The van der Waals surface area contributed by atoms with E-state index in [1.54, 1.807) is 11.8 Å². The number of nitrogens with zero attached hydrogens (tertiary/aromatic N) is 3. The number of benzene rings is 1. The maximum Gasteiger partial charge on any atom is 0.231 e. The topological polar surface area (TPSA) is 39.0 Å². The molecule has 0 radical (unpaired) electrons. The van der Waals surface area contributed by atoms with Crippen molar-refractivity contribution in [1.29, 1.82) is 0 Å². The van der Waals surface area contributed by atoms with Crippen LogP contribution in [-0.4, -0.2) is 22.1 Å². The fourth-order valence-electron chi connectivity index (χ4n) is 3.22. The molecule has 0 bridgehead atoms. The summed E-state index contributed by atoms with van der Waals surface area (Å²) in [4.78, 5) is 6.99. The number of imidazole rings is 1. The first kappa shape index (κ1) is 15.2. The third kappa shape index (κ3) is 2.41. The Balaban J connectivity index is 1.62. The highest BCUT2D eigenvalue weighted by Gasteiger charge is 2.25. The van der Waals surface area contributed by atoms with Gasteiger partial charge in [-0.15, -0.1) is 11.8 Å². The van der Waals surface area contributed by atoms with Crippen molar-refractivity contribution in [2.75, 3.05) is 17.6 Å². The molecule has 0 saturated carbocycles. The molecule has 5 nitrogen and oxygen atoms in total. The highest BCUT2D eigenvalue weighted by Crippen LogP contribution is 2.41. The van der Waals surface area contributed by atoms with E-state index in [0.717, 1.165) is 50.3 Å². The summed E-state index contributed by atoms with van der Waals surface area (Å²) in [5.74, 6) is 2.46. The van der Waals surface area contributed by atoms with E-state index in [4.69, 9.17) is 14.5 Å². The van der Waals surface area contributed by atoms with E-state index in [1.165, 1.54) is 0 Å². The standard InChI is InChI=1S/C18H14BrN3O2S/c1-11-18(21-7-12(19)2-5-17(21)20-11)14-8-25-9-22(14)13-3-4-15-16(6-13)24-10-23-15/h2-8H,9-10H2,1H3. The minimum absolute atomic E-state index is 0.288. The number of fused-ring (bicyclic) bond motifs is 2. The number of pyridine rings is 1. The Bertz CT molecular complexity index is 1030. The predicted octanol–water partition coefficient (Wildman–Crippen LogP) is 4.64. The van der Waals surface area contributed by atoms with Crippen LogP contribution < -0.4 is 14.4 Å². The minimum atomic E-state index is 0.288. The zero-order valence-corrected chi connectivity index (χ0v) is 15.8. The zero-order valence-electron chi connectivity index (χ0n) is 13.4. The summed E-state index contributed by atoms with van der Waals surface area (Å²) in [6, 6.07) is 10.1. The molecule has 0 amide bonds. The molecule has 0 unspecified atom stereocenters. The Labute approximate surface area is 157 Å². The molecule has 0 saturated heterocycles. The molecule has 25 heavy (non-hydrogen) atoms. The molecule has 1 aromatic carbocycles. The molecule has 126 valence electrons. The van der Waals surface area contributed by atoms with E-state index in [2.05, 4.69) is 49.8 Å². The molecule has 4 heterocycles. The van der Waals surface area contributed by atoms with Crippen molar-refractivity contribution in [2.45, 2.75) is 6.92 Å². The lowest BCUT2D eigenvalue weighted by atomic mass is 10.2. The van der Waals surface area contributed by atoms with Crippen molar-refractivity contribution in [3.63, 3.8) is 0 Å². The van der Waals surface area contributed by atoms with Gasteiger partial charge < -0.3 is 14.4 Å². The second kappa shape index (κ2) is 5.71. The number of ether oxygens (including phenoxy) is 2. The van der Waals surface area contributed by atoms with Crippen molar-refractivity contribution in [3.05, 3.63) is 57.8 Å². The van der Waals surface area contributed by atoms with Gasteiger partial charge in [-0.2, -0.15) is 0 Å². The summed E-state index contributed by atoms with van der Waals surface area (Å²) in [7, 11) is 0. The average molecular weight is 416 g/mol. The zero-order chi connectivity index (χ0) is 17.0. The SMILES string of the molecule is Cc1nc2ccc(Br)cn2c1C1=CSCN1c1ccc2c(c1)OCO2. The van der Waals surface area contributed by atoms with Gasteiger partial charge in [0.25, 0.3) is 0 Å². The van der Waals surface area contributed by atoms with Crippen molar-refractivity contribution < 1.29 is 9.47 Å². The van der Waals surface area contributed by atoms with Crippen LogP contribution in [0, 0.1) is 6.92 Å². The summed E-state index contributed by atoms with van der Waals surface area (Å²) < 4.78 is 14.1. The molecular formula is C18H14BrN3O2S. The van der Waals surface area contributed by atoms with E-state index < -0.39 is 0 Å². The van der Waals surface area contributed by atoms with E-state index in [9.17, 15) is 0 Å². The maximum absolute atomic E-state index is 5.54. The van der Waals surface area contributed by atoms with Gasteiger partial charge in [-0.05, 0) is 52.5 Å². The number of aromatic nitrogens is 2. The van der Waals surface area contributed by atoms with Crippen LogP contribution in [0.25, 0.3) is 11.3 Å². The molecule has 2 aliphatic rings. The molecule has 5 rings (SSSR count). The Kier molecular flexibility index (Phi) is 3.46. The number of halogens is 1. The highest BCUT2D eigenvalue weighted by molar-refractivity contribution is 9.10. The lowest BCUT2D eigenvalue weighted by Gasteiger charge is -2.22. The summed E-state index contributed by atoms with van der Waals surface area (Å²) in [5.41, 5.74) is 5.30. The van der Waals surface area contributed by atoms with Gasteiger partial charge in [0.1, 0.15) is 5.65 Å². The quantitative estimate of drug-likeness (QED) is 0.609. The van der Waals surface area contributed by atoms with Crippen molar-refractivity contribution in [2.24, 2.45) is 0 Å². The molecule has 7 heteroatoms. The minimum Gasteiger partial charge on any atom is -0.454 e. The molecule has 0 aliphatic carbocycles. The third-order valence-corrected chi connectivity index (χ3v) is 5.62. The number of anilines is 1. The summed E-state index contributed by atoms with van der Waals surface area (Å²) >= 11 is 5.34. The Morgan fingerprint density at radius 1 is 1.16 bits per heavy atom. The van der Waals surface area contributed by atoms with Crippen molar-refractivity contribution >= 4 is 44.7 Å². The van der Waals surface area contributed by atoms with Crippen LogP contribution in [0.3, 0.4) is 0 Å². The van der Waals surface area contributed by atoms with Crippen LogP contribution >= 0.6 is 27.7 Å². The van der Waals surface area contributed by atoms with Crippen molar-refractivity contribution in [3.8, 4) is 11.5 Å². The van der Waals surface area contributed by atoms with Gasteiger partial charge in [0.2, 0.25) is 6.79 Å². The van der Waals surface area contributed by atoms with Crippen LogP contribution in [-0.2, 0) is 0 Å². The smallest absolute Gasteiger partial charge is 0.231 e. The Morgan fingerprint density at radius 3 is 2.96 bits per heavy atom. The van der Waals surface area contributed by atoms with Gasteiger partial charge in [0, 0.05) is 22.4 Å². The second-order valence-electron chi connectivity index (χ2n) is 5.89. The van der Waals surface area contributed by atoms with E-state index in [1.807, 2.05) is 24.3 Å². The monoisotopic (exact) mass is 415 g/mol. The summed E-state index contributed by atoms with van der Waals surface area (Å²) in [6.07, 6.45) is 2.06. The van der Waals surface area contributed by atoms with Crippen LogP contribution in [0.5, 0.6) is 11.5 Å². The first-order valence-electron chi connectivity index (χ1n) is 7.84. The number of hydrogen-bond donors (Lipinski definition) is 0. The molecule has 0 spiro atoms. The maximum atomic E-state index is 5.54. The average Bonchev–Trinajstić information content (AvgIpc) is 3.30. The number of aryl methyl sites for hydroxylation is 1. The highest BCUT2D eigenvalue weighted by atomic mass is 79.9. The summed E-state index contributed by atoms with van der Waals surface area (Å²) in [5, 5.41) is 2.20. The normalized spacial score (nSPS) is 15.9. The van der Waals surface area contributed by atoms with Crippen LogP contribution in [0.1, 0.15) is 11.4 Å². The fourth-order valence-corrected chi connectivity index (χ4v) is 4.46. The summed E-state index contributed by atoms with van der Waals surface area (Å²) in [6.45, 7) is 2.34. The number of rotatable bonds is 2. The lowest BCUT2D eigenvalue weighted by Crippen LogP contribution is -2.18. The molecule has 0 N–H and O–H groups in total. The number of thioether (sulfide) groups is 1. The van der Waals surface area contributed by atoms with Gasteiger partial charge in [-0.1, -0.05) is 0 Å². The van der Waals surface area contributed by atoms with Crippen LogP contribution in [0.4, 0.5) is 5.69 Å². The molecule has 0 atom stereocenters. The lowest BCUT2D eigenvalue weighted by molar-refractivity contribution is 0.174. The van der Waals surface area contributed by atoms with E-state index in [0.29, 0.717) is 0 Å². The molecule has 0 fully saturated rings. The van der Waals surface area contributed by atoms with E-state index in [-0.39, 0.29) is 6.79 Å². The second-order valence-corrected chi connectivity index (χ2v) is 7.63. The van der Waals surface area contributed by atoms with Crippen LogP contribution in [0.2, 0.25) is 0 Å². The Morgan fingerprint density at radius 2 is 2.04 bits per heavy atom. The van der Waals surface area contributed by atoms with Gasteiger partial charge in [-0.25, -0.2) is 4.98 Å². The molecule has 2 aliphatic heterocycles. The van der Waals surface area contributed by atoms with Gasteiger partial charge in [-0.3, -0.25) is 4.40 Å². The molecule has 2 aromatic heterocycles. The number of hydrogen-bond acceptors (Lipinski definition) is 5. The first-order chi connectivity index (χ1) is 12.2. The van der Waals surface area contributed by atoms with Gasteiger partial charge in [0.15, 0.2) is 11.5 Å². The van der Waals surface area contributed by atoms with Crippen LogP contribution in [0.15, 0.2) is 46.4 Å².